The van der Waals surface area contributed by atoms with Crippen molar-refractivity contribution >= 4 is 6.03 Å². The summed E-state index contributed by atoms with van der Waals surface area (Å²) in [5, 5.41) is 5.21. The minimum absolute atomic E-state index is 0.0699. The molecule has 1 aliphatic heterocycles. The number of carbonyl (C=O) groups excluding carboxylic acids is 1. The number of amides is 2. The highest BCUT2D eigenvalue weighted by molar-refractivity contribution is 5.74. The summed E-state index contributed by atoms with van der Waals surface area (Å²) in [4.78, 5) is 13.2. The molecule has 0 aliphatic carbocycles. The zero-order valence-electron chi connectivity index (χ0n) is 14.6. The topological polar surface area (TPSA) is 44.4 Å². The molecule has 0 bridgehead atoms. The number of urea groups is 1. The van der Waals surface area contributed by atoms with E-state index in [-0.39, 0.29) is 19.0 Å². The third-order valence-electron chi connectivity index (χ3n) is 4.41. The van der Waals surface area contributed by atoms with Crippen molar-refractivity contribution in [2.75, 3.05) is 26.2 Å². The third kappa shape index (κ3) is 6.93. The highest BCUT2D eigenvalue weighted by atomic mass is 19.4. The van der Waals surface area contributed by atoms with Crippen molar-refractivity contribution in [2.45, 2.75) is 31.7 Å². The molecule has 1 aromatic rings. The highest BCUT2D eigenvalue weighted by Gasteiger charge is 2.34. The molecule has 0 aromatic heterocycles. The maximum absolute atomic E-state index is 12.6. The van der Waals surface area contributed by atoms with Gasteiger partial charge in [-0.15, -0.1) is 0 Å². The van der Waals surface area contributed by atoms with Crippen molar-refractivity contribution in [3.05, 3.63) is 35.4 Å². The van der Waals surface area contributed by atoms with Gasteiger partial charge < -0.3 is 10.6 Å². The molecule has 1 aromatic carbocycles. The van der Waals surface area contributed by atoms with Crippen LogP contribution in [0, 0.1) is 5.92 Å². The smallest absolute Gasteiger partial charge is 0.338 e. The molecule has 4 nitrogen and oxygen atoms in total. The SMILES string of the molecule is C[C@H](NC(=O)NC[C@H]1CCN(CC(F)(F)F)C1)c1ccc(C(F)(F)F)cc1. The van der Waals surface area contributed by atoms with Crippen LogP contribution >= 0.6 is 0 Å². The van der Waals surface area contributed by atoms with Gasteiger partial charge in [0.25, 0.3) is 0 Å². The molecular formula is C17H21F6N3O. The van der Waals surface area contributed by atoms with Crippen LogP contribution in [0.4, 0.5) is 31.1 Å². The second-order valence-corrected chi connectivity index (χ2v) is 6.70. The molecule has 27 heavy (non-hydrogen) atoms. The van der Waals surface area contributed by atoms with E-state index in [0.717, 1.165) is 12.1 Å². The Hall–Kier alpha value is -1.97. The second-order valence-electron chi connectivity index (χ2n) is 6.70. The summed E-state index contributed by atoms with van der Waals surface area (Å²) in [6.07, 6.45) is -8.10. The van der Waals surface area contributed by atoms with Gasteiger partial charge in [-0.25, -0.2) is 4.79 Å². The zero-order chi connectivity index (χ0) is 20.2. The zero-order valence-corrected chi connectivity index (χ0v) is 14.6. The van der Waals surface area contributed by atoms with Gasteiger partial charge in [0, 0.05) is 13.1 Å². The summed E-state index contributed by atoms with van der Waals surface area (Å²) in [6, 6.07) is 3.44. The lowest BCUT2D eigenvalue weighted by Crippen LogP contribution is -2.40. The molecule has 0 saturated carbocycles. The highest BCUT2D eigenvalue weighted by Crippen LogP contribution is 2.30. The molecule has 1 fully saturated rings. The van der Waals surface area contributed by atoms with Crippen molar-refractivity contribution < 1.29 is 31.1 Å². The van der Waals surface area contributed by atoms with E-state index in [0.29, 0.717) is 18.5 Å². The first-order chi connectivity index (χ1) is 12.4. The van der Waals surface area contributed by atoms with Gasteiger partial charge in [0.1, 0.15) is 0 Å². The fourth-order valence-electron chi connectivity index (χ4n) is 3.01. The van der Waals surface area contributed by atoms with Crippen molar-refractivity contribution in [1.82, 2.24) is 15.5 Å². The minimum Gasteiger partial charge on any atom is -0.338 e. The van der Waals surface area contributed by atoms with Gasteiger partial charge in [-0.1, -0.05) is 12.1 Å². The summed E-state index contributed by atoms with van der Waals surface area (Å²) in [6.45, 7) is 1.49. The number of rotatable bonds is 5. The Morgan fingerprint density at radius 3 is 2.37 bits per heavy atom. The van der Waals surface area contributed by atoms with E-state index in [1.54, 1.807) is 6.92 Å². The van der Waals surface area contributed by atoms with Crippen LogP contribution in [-0.2, 0) is 6.18 Å². The molecule has 2 rings (SSSR count). The van der Waals surface area contributed by atoms with Crippen LogP contribution in [0.2, 0.25) is 0 Å². The number of likely N-dealkylation sites (tertiary alicyclic amines) is 1. The van der Waals surface area contributed by atoms with Gasteiger partial charge in [-0.05, 0) is 43.5 Å². The van der Waals surface area contributed by atoms with E-state index in [1.807, 2.05) is 0 Å². The molecule has 2 amide bonds. The van der Waals surface area contributed by atoms with E-state index >= 15 is 0 Å². The number of halogens is 6. The number of hydrogen-bond donors (Lipinski definition) is 2. The number of nitrogens with zero attached hydrogens (tertiary/aromatic N) is 1. The number of nitrogens with one attached hydrogen (secondary N) is 2. The number of alkyl halides is 6. The van der Waals surface area contributed by atoms with Gasteiger partial charge in [-0.3, -0.25) is 4.90 Å². The second kappa shape index (κ2) is 8.37. The molecule has 1 aliphatic rings. The molecular weight excluding hydrogens is 376 g/mol. The normalized spacial score (nSPS) is 19.7. The molecule has 10 heteroatoms. The quantitative estimate of drug-likeness (QED) is 0.739. The van der Waals surface area contributed by atoms with E-state index < -0.39 is 36.5 Å². The summed E-state index contributed by atoms with van der Waals surface area (Å²) in [5.41, 5.74) is -0.261. The van der Waals surface area contributed by atoms with E-state index in [9.17, 15) is 31.1 Å². The molecule has 152 valence electrons. The van der Waals surface area contributed by atoms with Gasteiger partial charge >= 0.3 is 18.4 Å². The van der Waals surface area contributed by atoms with Gasteiger partial charge in [-0.2, -0.15) is 26.3 Å². The Morgan fingerprint density at radius 2 is 1.81 bits per heavy atom. The van der Waals surface area contributed by atoms with Crippen molar-refractivity contribution in [2.24, 2.45) is 5.92 Å². The van der Waals surface area contributed by atoms with Crippen LogP contribution in [-0.4, -0.2) is 43.3 Å². The van der Waals surface area contributed by atoms with Crippen LogP contribution < -0.4 is 10.6 Å². The maximum atomic E-state index is 12.6. The Labute approximate surface area is 152 Å². The average molecular weight is 397 g/mol. The fourth-order valence-corrected chi connectivity index (χ4v) is 3.01. The van der Waals surface area contributed by atoms with E-state index in [2.05, 4.69) is 10.6 Å². The summed E-state index contributed by atoms with van der Waals surface area (Å²) in [7, 11) is 0. The number of benzene rings is 1. The first-order valence-corrected chi connectivity index (χ1v) is 8.44. The first kappa shape index (κ1) is 21.3. The number of carbonyl (C=O) groups is 1. The van der Waals surface area contributed by atoms with Crippen LogP contribution in [0.25, 0.3) is 0 Å². The number of hydrogen-bond acceptors (Lipinski definition) is 2. The molecule has 0 unspecified atom stereocenters. The fraction of sp³-hybridized carbons (Fsp3) is 0.588. The summed E-state index contributed by atoms with van der Waals surface area (Å²) in [5.74, 6) is -0.0699. The van der Waals surface area contributed by atoms with E-state index in [1.165, 1.54) is 17.0 Å². The average Bonchev–Trinajstić information content (AvgIpc) is 2.97. The largest absolute Gasteiger partial charge is 0.416 e. The third-order valence-corrected chi connectivity index (χ3v) is 4.41. The lowest BCUT2D eigenvalue weighted by Gasteiger charge is -2.19. The summed E-state index contributed by atoms with van der Waals surface area (Å²) >= 11 is 0. The van der Waals surface area contributed by atoms with E-state index in [4.69, 9.17) is 0 Å². The molecule has 1 saturated heterocycles. The Morgan fingerprint density at radius 1 is 1.19 bits per heavy atom. The molecule has 2 N–H and O–H groups in total. The predicted octanol–water partition coefficient (Wildman–Crippen LogP) is 3.95. The van der Waals surface area contributed by atoms with Crippen molar-refractivity contribution in [3.8, 4) is 0 Å². The minimum atomic E-state index is -4.42. The maximum Gasteiger partial charge on any atom is 0.416 e. The standard InChI is InChI=1S/C17H21F6N3O/c1-11(13-2-4-14(5-3-13)17(21,22)23)25-15(27)24-8-12-6-7-26(9-12)10-16(18,19)20/h2-5,11-12H,6-10H2,1H3,(H2,24,25,27)/t11-,12+/m0/s1. The van der Waals surface area contributed by atoms with Crippen molar-refractivity contribution in [1.29, 1.82) is 0 Å². The Balaban J connectivity index is 1.76. The first-order valence-electron chi connectivity index (χ1n) is 8.44. The van der Waals surface area contributed by atoms with Gasteiger partial charge in [0.05, 0.1) is 18.2 Å². The molecule has 0 radical (unpaired) electrons. The van der Waals surface area contributed by atoms with Crippen LogP contribution in [0.3, 0.4) is 0 Å². The molecule has 1 heterocycles. The lowest BCUT2D eigenvalue weighted by atomic mass is 10.1. The molecule has 2 atom stereocenters. The molecule has 0 spiro atoms. The van der Waals surface area contributed by atoms with Crippen LogP contribution in [0.1, 0.15) is 30.5 Å². The monoisotopic (exact) mass is 397 g/mol. The Kier molecular flexibility index (Phi) is 6.61. The van der Waals surface area contributed by atoms with Crippen molar-refractivity contribution in [3.63, 3.8) is 0 Å². The summed E-state index contributed by atoms with van der Waals surface area (Å²) < 4.78 is 74.7. The van der Waals surface area contributed by atoms with Gasteiger partial charge in [0.2, 0.25) is 0 Å². The van der Waals surface area contributed by atoms with Gasteiger partial charge in [0.15, 0.2) is 0 Å². The lowest BCUT2D eigenvalue weighted by molar-refractivity contribution is -0.143. The van der Waals surface area contributed by atoms with Crippen LogP contribution in [0.15, 0.2) is 24.3 Å². The predicted molar refractivity (Wildman–Crippen MR) is 87.0 cm³/mol. The van der Waals surface area contributed by atoms with Crippen LogP contribution in [0.5, 0.6) is 0 Å². The Bertz CT molecular complexity index is 629.